The first kappa shape index (κ1) is 24.0. The van der Waals surface area contributed by atoms with E-state index >= 15 is 0 Å². The van der Waals surface area contributed by atoms with Gasteiger partial charge in [-0.25, -0.2) is 4.68 Å². The van der Waals surface area contributed by atoms with Crippen molar-refractivity contribution in [1.82, 2.24) is 14.7 Å². The molecule has 0 radical (unpaired) electrons. The maximum atomic E-state index is 13.6. The molecular weight excluding hydrogens is 475 g/mol. The van der Waals surface area contributed by atoms with Crippen molar-refractivity contribution < 1.29 is 19.3 Å². The minimum absolute atomic E-state index is 0.0702. The molecule has 4 rings (SSSR count). The van der Waals surface area contributed by atoms with E-state index in [4.69, 9.17) is 23.2 Å². The number of aryl methyl sites for hydroxylation is 2. The van der Waals surface area contributed by atoms with Crippen LogP contribution in [0.25, 0.3) is 17.0 Å². The van der Waals surface area contributed by atoms with Crippen molar-refractivity contribution in [1.29, 1.82) is 0 Å². The van der Waals surface area contributed by atoms with Crippen LogP contribution in [-0.4, -0.2) is 33.0 Å². The Labute approximate surface area is 207 Å². The third-order valence-corrected chi connectivity index (χ3v) is 6.54. The molecule has 9 heteroatoms. The molecule has 1 aliphatic rings. The van der Waals surface area contributed by atoms with Gasteiger partial charge in [-0.15, -0.1) is 0 Å². The predicted molar refractivity (Wildman–Crippen MR) is 129 cm³/mol. The fraction of sp³-hybridized carbons (Fsp3) is 0.280. The Morgan fingerprint density at radius 1 is 0.971 bits per heavy atom. The molecule has 0 aliphatic carbocycles. The number of hydrogen-bond donors (Lipinski definition) is 0. The minimum Gasteiger partial charge on any atom is -0.858 e. The van der Waals surface area contributed by atoms with Gasteiger partial charge in [0.15, 0.2) is 12.4 Å². The first-order valence-corrected chi connectivity index (χ1v) is 11.9. The molecule has 34 heavy (non-hydrogen) atoms. The maximum Gasteiger partial charge on any atom is 0.326 e. The average Bonchev–Trinajstić information content (AvgIpc) is 3.29. The first-order valence-electron chi connectivity index (χ1n) is 11.2. The monoisotopic (exact) mass is 498 g/mol. The van der Waals surface area contributed by atoms with Gasteiger partial charge in [0.05, 0.1) is 21.4 Å². The van der Waals surface area contributed by atoms with Crippen molar-refractivity contribution in [2.45, 2.75) is 40.0 Å². The van der Waals surface area contributed by atoms with Gasteiger partial charge in [-0.1, -0.05) is 44.0 Å². The molecule has 0 fully saturated rings. The summed E-state index contributed by atoms with van der Waals surface area (Å²) in [5.41, 5.74) is 2.29. The molecule has 3 aromatic rings. The zero-order chi connectivity index (χ0) is 24.6. The molecule has 3 heterocycles. The average molecular weight is 499 g/mol. The maximum absolute atomic E-state index is 13.6. The number of aromatic nitrogens is 3. The molecule has 0 atom stereocenters. The summed E-state index contributed by atoms with van der Waals surface area (Å²) in [6.07, 6.45) is 5.32. The minimum atomic E-state index is -0.493. The van der Waals surface area contributed by atoms with E-state index in [9.17, 15) is 14.7 Å². The van der Waals surface area contributed by atoms with E-state index in [0.29, 0.717) is 29.2 Å². The van der Waals surface area contributed by atoms with Crippen LogP contribution in [0, 0.1) is 0 Å². The highest BCUT2D eigenvalue weighted by Gasteiger charge is 2.46. The van der Waals surface area contributed by atoms with E-state index in [-0.39, 0.29) is 28.4 Å². The topological polar surface area (TPSA) is 82.1 Å². The third-order valence-electron chi connectivity index (χ3n) is 5.80. The van der Waals surface area contributed by atoms with Gasteiger partial charge in [-0.3, -0.25) is 14.5 Å². The number of amides is 2. The summed E-state index contributed by atoms with van der Waals surface area (Å²) in [6, 6.07) is 8.53. The van der Waals surface area contributed by atoms with E-state index in [1.54, 1.807) is 35.2 Å². The molecule has 0 bridgehead atoms. The molecule has 176 valence electrons. The summed E-state index contributed by atoms with van der Waals surface area (Å²) < 4.78 is 2.81. The third kappa shape index (κ3) is 3.99. The van der Waals surface area contributed by atoms with Crippen LogP contribution in [0.4, 0.5) is 0 Å². The second-order valence-electron chi connectivity index (χ2n) is 7.94. The van der Waals surface area contributed by atoms with E-state index in [1.165, 1.54) is 9.58 Å². The van der Waals surface area contributed by atoms with Gasteiger partial charge in [0.1, 0.15) is 5.57 Å². The lowest BCUT2D eigenvalue weighted by atomic mass is 10.0. The molecule has 0 unspecified atom stereocenters. The lowest BCUT2D eigenvalue weighted by Crippen LogP contribution is -2.39. The fourth-order valence-electron chi connectivity index (χ4n) is 4.03. The summed E-state index contributed by atoms with van der Waals surface area (Å²) in [5, 5.41) is 18.7. The number of rotatable bonds is 7. The number of pyridine rings is 1. The van der Waals surface area contributed by atoms with Crippen molar-refractivity contribution in [2.75, 3.05) is 6.54 Å². The summed E-state index contributed by atoms with van der Waals surface area (Å²) >= 11 is 12.2. The first-order chi connectivity index (χ1) is 16.3. The predicted octanol–water partition coefficient (Wildman–Crippen LogP) is 3.81. The lowest BCUT2D eigenvalue weighted by molar-refractivity contribution is -0.577. The van der Waals surface area contributed by atoms with Crippen LogP contribution >= 0.6 is 23.2 Å². The molecule has 0 N–H and O–H groups in total. The molecule has 2 aromatic heterocycles. The van der Waals surface area contributed by atoms with Crippen LogP contribution in [-0.2, 0) is 22.4 Å². The van der Waals surface area contributed by atoms with Crippen LogP contribution in [0.5, 0.6) is 5.88 Å². The van der Waals surface area contributed by atoms with Gasteiger partial charge in [0.25, 0.3) is 11.6 Å². The van der Waals surface area contributed by atoms with Crippen molar-refractivity contribution in [3.8, 4) is 11.6 Å². The number of halogens is 2. The van der Waals surface area contributed by atoms with Gasteiger partial charge in [0.2, 0.25) is 0 Å². The molecule has 0 saturated heterocycles. The normalized spacial score (nSPS) is 14.0. The van der Waals surface area contributed by atoms with Crippen molar-refractivity contribution >= 4 is 46.3 Å². The Bertz CT molecular complexity index is 1310. The Hall–Kier alpha value is -3.16. The number of benzene rings is 1. The van der Waals surface area contributed by atoms with Crippen LogP contribution < -0.4 is 9.67 Å². The second-order valence-corrected chi connectivity index (χ2v) is 8.76. The van der Waals surface area contributed by atoms with Crippen LogP contribution in [0.1, 0.15) is 44.0 Å². The van der Waals surface area contributed by atoms with Crippen LogP contribution in [0.3, 0.4) is 0 Å². The van der Waals surface area contributed by atoms with Gasteiger partial charge >= 0.3 is 5.91 Å². The largest absolute Gasteiger partial charge is 0.858 e. The molecule has 2 amide bonds. The Balaban J connectivity index is 1.97. The number of hydrogen-bond acceptors (Lipinski definition) is 4. The van der Waals surface area contributed by atoms with Gasteiger partial charge < -0.3 is 5.11 Å². The highest BCUT2D eigenvalue weighted by atomic mass is 35.5. The standard InChI is InChI=1S/C25H24Cl2N4O3/c1-4-11-30-23(32)21(22(25(30)34)29-12-9-15(5-2)10-13-29)20-19(6-3)28-31(24(20)33)16-7-8-17(26)18(27)14-16/h7-10,12-14H,4-6,11H2,1-3H3. The highest BCUT2D eigenvalue weighted by molar-refractivity contribution is 6.45. The number of nitrogens with zero attached hydrogens (tertiary/aromatic N) is 4. The molecule has 0 spiro atoms. The quantitative estimate of drug-likeness (QED) is 0.366. The molecule has 1 aromatic carbocycles. The molecule has 0 saturated carbocycles. The summed E-state index contributed by atoms with van der Waals surface area (Å²) in [7, 11) is 0. The van der Waals surface area contributed by atoms with Crippen LogP contribution in [0.2, 0.25) is 10.0 Å². The Morgan fingerprint density at radius 2 is 1.68 bits per heavy atom. The summed E-state index contributed by atoms with van der Waals surface area (Å²) in [6.45, 7) is 6.03. The fourth-order valence-corrected chi connectivity index (χ4v) is 4.33. The van der Waals surface area contributed by atoms with Crippen LogP contribution in [0.15, 0.2) is 42.7 Å². The molecule has 1 aliphatic heterocycles. The number of carbonyl (C=O) groups excluding carboxylic acids is 2. The van der Waals surface area contributed by atoms with E-state index in [0.717, 1.165) is 12.0 Å². The zero-order valence-corrected chi connectivity index (χ0v) is 20.7. The van der Waals surface area contributed by atoms with Gasteiger partial charge in [-0.05, 0) is 48.9 Å². The molecule has 7 nitrogen and oxygen atoms in total. The Kier molecular flexibility index (Phi) is 6.77. The van der Waals surface area contributed by atoms with E-state index in [1.807, 2.05) is 32.9 Å². The van der Waals surface area contributed by atoms with E-state index < -0.39 is 17.7 Å². The number of imide groups is 1. The van der Waals surface area contributed by atoms with Gasteiger partial charge in [-0.2, -0.15) is 9.67 Å². The van der Waals surface area contributed by atoms with Crippen molar-refractivity contribution in [3.05, 3.63) is 69.6 Å². The SMILES string of the molecule is CCCN1C(=O)C(c2c(CC)nn(-c3ccc(Cl)c(Cl)c3)c2[O-])=C([n+]2ccc(CC)cc2)C1=O. The molecular formula is C25H24Cl2N4O3. The van der Waals surface area contributed by atoms with E-state index in [2.05, 4.69) is 5.10 Å². The van der Waals surface area contributed by atoms with Crippen molar-refractivity contribution in [3.63, 3.8) is 0 Å². The van der Waals surface area contributed by atoms with Crippen molar-refractivity contribution in [2.24, 2.45) is 0 Å². The smallest absolute Gasteiger partial charge is 0.326 e. The zero-order valence-electron chi connectivity index (χ0n) is 19.1. The highest BCUT2D eigenvalue weighted by Crippen LogP contribution is 2.37. The lowest BCUT2D eigenvalue weighted by Gasteiger charge is -2.15. The summed E-state index contributed by atoms with van der Waals surface area (Å²) in [5.74, 6) is -1.41. The second kappa shape index (κ2) is 9.60. The number of carbonyl (C=O) groups is 2. The summed E-state index contributed by atoms with van der Waals surface area (Å²) in [4.78, 5) is 28.1. The Morgan fingerprint density at radius 3 is 2.26 bits per heavy atom. The van der Waals surface area contributed by atoms with Gasteiger partial charge in [0, 0.05) is 24.2 Å².